The summed E-state index contributed by atoms with van der Waals surface area (Å²) in [5, 5.41) is 0. The highest BCUT2D eigenvalue weighted by molar-refractivity contribution is 5.79. The van der Waals surface area contributed by atoms with Crippen molar-refractivity contribution in [1.29, 1.82) is 0 Å². The number of aromatic nitrogens is 2. The lowest BCUT2D eigenvalue weighted by Gasteiger charge is -2.33. The van der Waals surface area contributed by atoms with E-state index in [0.717, 1.165) is 38.0 Å². The van der Waals surface area contributed by atoms with Crippen LogP contribution in [0.5, 0.6) is 0 Å². The molecule has 1 aromatic rings. The zero-order chi connectivity index (χ0) is 17.1. The van der Waals surface area contributed by atoms with Gasteiger partial charge in [0.15, 0.2) is 0 Å². The maximum absolute atomic E-state index is 12.4. The molecule has 132 valence electrons. The van der Waals surface area contributed by atoms with Crippen LogP contribution < -0.4 is 5.56 Å². The number of likely N-dealkylation sites (tertiary alicyclic amines) is 1. The Kier molecular flexibility index (Phi) is 5.33. The molecule has 2 aliphatic heterocycles. The van der Waals surface area contributed by atoms with Gasteiger partial charge in [0.2, 0.25) is 5.91 Å². The molecule has 0 aliphatic carbocycles. The van der Waals surface area contributed by atoms with Crippen molar-refractivity contribution in [2.75, 3.05) is 26.3 Å². The molecule has 0 saturated carbocycles. The molecule has 1 atom stereocenters. The molecule has 3 heterocycles. The van der Waals surface area contributed by atoms with E-state index in [9.17, 15) is 9.59 Å². The molecule has 0 bridgehead atoms. The minimum absolute atomic E-state index is 0.0234. The number of ether oxygens (including phenoxy) is 1. The van der Waals surface area contributed by atoms with Crippen molar-refractivity contribution in [3.8, 4) is 0 Å². The summed E-state index contributed by atoms with van der Waals surface area (Å²) >= 11 is 0. The van der Waals surface area contributed by atoms with Gasteiger partial charge in [-0.05, 0) is 31.1 Å². The average molecular weight is 333 g/mol. The number of hydrogen-bond acceptors (Lipinski definition) is 4. The van der Waals surface area contributed by atoms with Crippen molar-refractivity contribution in [3.63, 3.8) is 0 Å². The fourth-order valence-electron chi connectivity index (χ4n) is 3.49. The third kappa shape index (κ3) is 3.86. The predicted octanol–water partition coefficient (Wildman–Crippen LogP) is 1.64. The highest BCUT2D eigenvalue weighted by Gasteiger charge is 2.30. The Bertz CT molecular complexity index is 627. The van der Waals surface area contributed by atoms with Crippen LogP contribution in [0.2, 0.25) is 0 Å². The van der Waals surface area contributed by atoms with Gasteiger partial charge in [-0.2, -0.15) is 0 Å². The molecule has 0 spiro atoms. The number of rotatable bonds is 4. The summed E-state index contributed by atoms with van der Waals surface area (Å²) in [6, 6.07) is 1.64. The number of piperidine rings is 1. The minimum Gasteiger partial charge on any atom is -0.381 e. The second-order valence-electron chi connectivity index (χ2n) is 7.29. The van der Waals surface area contributed by atoms with E-state index < -0.39 is 0 Å². The fourth-order valence-corrected chi connectivity index (χ4v) is 3.49. The summed E-state index contributed by atoms with van der Waals surface area (Å²) in [4.78, 5) is 31.0. The molecule has 24 heavy (non-hydrogen) atoms. The van der Waals surface area contributed by atoms with Gasteiger partial charge in [-0.1, -0.05) is 13.8 Å². The van der Waals surface area contributed by atoms with E-state index in [1.807, 2.05) is 18.7 Å². The van der Waals surface area contributed by atoms with E-state index in [-0.39, 0.29) is 23.3 Å². The van der Waals surface area contributed by atoms with Gasteiger partial charge >= 0.3 is 0 Å². The van der Waals surface area contributed by atoms with Crippen LogP contribution in [0.4, 0.5) is 0 Å². The number of nitrogens with zero attached hydrogens (tertiary/aromatic N) is 3. The molecule has 2 saturated heterocycles. The van der Waals surface area contributed by atoms with Crippen molar-refractivity contribution in [2.24, 2.45) is 11.8 Å². The Balaban J connectivity index is 1.54. The Labute approximate surface area is 142 Å². The molecule has 1 amide bonds. The fraction of sp³-hybridized carbons (Fsp3) is 0.722. The van der Waals surface area contributed by atoms with E-state index in [1.54, 1.807) is 17.0 Å². The van der Waals surface area contributed by atoms with Crippen molar-refractivity contribution in [3.05, 3.63) is 28.4 Å². The molecule has 3 rings (SSSR count). The third-order valence-corrected chi connectivity index (χ3v) is 5.15. The Hall–Kier alpha value is -1.69. The van der Waals surface area contributed by atoms with Crippen LogP contribution in [0.1, 0.15) is 44.7 Å². The van der Waals surface area contributed by atoms with Gasteiger partial charge in [0.1, 0.15) is 0 Å². The van der Waals surface area contributed by atoms with E-state index in [4.69, 9.17) is 4.74 Å². The third-order valence-electron chi connectivity index (χ3n) is 5.15. The van der Waals surface area contributed by atoms with Crippen molar-refractivity contribution in [1.82, 2.24) is 14.5 Å². The van der Waals surface area contributed by atoms with Gasteiger partial charge in [0, 0.05) is 32.3 Å². The largest absolute Gasteiger partial charge is 0.381 e. The van der Waals surface area contributed by atoms with Gasteiger partial charge in [-0.3, -0.25) is 14.2 Å². The lowest BCUT2D eigenvalue weighted by Crippen LogP contribution is -2.43. The molecule has 0 aromatic carbocycles. The van der Waals surface area contributed by atoms with Crippen LogP contribution in [-0.2, 0) is 16.1 Å². The second-order valence-corrected chi connectivity index (χ2v) is 7.29. The Morgan fingerprint density at radius 3 is 2.67 bits per heavy atom. The SMILES string of the molecule is CC(C)c1cc(=O)n(CC2CCN(C(=O)C3CCOC3)CC2)cn1. The lowest BCUT2D eigenvalue weighted by molar-refractivity contribution is -0.137. The highest BCUT2D eigenvalue weighted by atomic mass is 16.5. The van der Waals surface area contributed by atoms with E-state index >= 15 is 0 Å². The first-order chi connectivity index (χ1) is 11.5. The Morgan fingerprint density at radius 2 is 2.08 bits per heavy atom. The van der Waals surface area contributed by atoms with Gasteiger partial charge in [-0.15, -0.1) is 0 Å². The summed E-state index contributed by atoms with van der Waals surface area (Å²) in [5.74, 6) is 0.988. The topological polar surface area (TPSA) is 64.4 Å². The van der Waals surface area contributed by atoms with Gasteiger partial charge in [0.05, 0.1) is 24.5 Å². The zero-order valence-electron chi connectivity index (χ0n) is 14.6. The van der Waals surface area contributed by atoms with Gasteiger partial charge in [0.25, 0.3) is 5.56 Å². The maximum atomic E-state index is 12.4. The summed E-state index contributed by atoms with van der Waals surface area (Å²) < 4.78 is 7.02. The second kappa shape index (κ2) is 7.47. The zero-order valence-corrected chi connectivity index (χ0v) is 14.6. The van der Waals surface area contributed by atoms with Crippen LogP contribution in [0.25, 0.3) is 0 Å². The normalized spacial score (nSPS) is 22.3. The first-order valence-electron chi connectivity index (χ1n) is 8.97. The van der Waals surface area contributed by atoms with Crippen LogP contribution in [0, 0.1) is 11.8 Å². The summed E-state index contributed by atoms with van der Waals surface area (Å²) in [6.07, 6.45) is 4.41. The summed E-state index contributed by atoms with van der Waals surface area (Å²) in [5.41, 5.74) is 0.866. The highest BCUT2D eigenvalue weighted by Crippen LogP contribution is 2.22. The molecular weight excluding hydrogens is 306 g/mol. The summed E-state index contributed by atoms with van der Waals surface area (Å²) in [7, 11) is 0. The smallest absolute Gasteiger partial charge is 0.253 e. The Morgan fingerprint density at radius 1 is 1.33 bits per heavy atom. The molecule has 1 aromatic heterocycles. The summed E-state index contributed by atoms with van der Waals surface area (Å²) in [6.45, 7) is 7.61. The molecular formula is C18H27N3O3. The lowest BCUT2D eigenvalue weighted by atomic mass is 9.95. The van der Waals surface area contributed by atoms with Crippen molar-refractivity contribution < 1.29 is 9.53 Å². The van der Waals surface area contributed by atoms with E-state index in [0.29, 0.717) is 25.7 Å². The van der Waals surface area contributed by atoms with E-state index in [2.05, 4.69) is 4.98 Å². The van der Waals surface area contributed by atoms with Crippen LogP contribution in [0.3, 0.4) is 0 Å². The molecule has 6 heteroatoms. The standard InChI is InChI=1S/C18H27N3O3/c1-13(2)16-9-17(22)21(12-19-16)10-14-3-6-20(7-4-14)18(23)15-5-8-24-11-15/h9,12-15H,3-8,10-11H2,1-2H3. The first-order valence-corrected chi connectivity index (χ1v) is 8.97. The monoisotopic (exact) mass is 333 g/mol. The van der Waals surface area contributed by atoms with Crippen LogP contribution in [0.15, 0.2) is 17.2 Å². The number of carbonyl (C=O) groups excluding carboxylic acids is 1. The number of carbonyl (C=O) groups is 1. The molecule has 2 fully saturated rings. The molecule has 6 nitrogen and oxygen atoms in total. The number of hydrogen-bond donors (Lipinski definition) is 0. The first kappa shape index (κ1) is 17.1. The van der Waals surface area contributed by atoms with Crippen molar-refractivity contribution in [2.45, 2.75) is 45.6 Å². The molecule has 0 radical (unpaired) electrons. The predicted molar refractivity (Wildman–Crippen MR) is 90.8 cm³/mol. The average Bonchev–Trinajstić information content (AvgIpc) is 3.11. The molecule has 0 N–H and O–H groups in total. The maximum Gasteiger partial charge on any atom is 0.253 e. The van der Waals surface area contributed by atoms with Gasteiger partial charge < -0.3 is 9.64 Å². The molecule has 1 unspecified atom stereocenters. The van der Waals surface area contributed by atoms with Gasteiger partial charge in [-0.25, -0.2) is 4.98 Å². The number of amides is 1. The van der Waals surface area contributed by atoms with E-state index in [1.165, 1.54) is 0 Å². The van der Waals surface area contributed by atoms with Crippen molar-refractivity contribution >= 4 is 5.91 Å². The van der Waals surface area contributed by atoms with Crippen LogP contribution in [-0.4, -0.2) is 46.7 Å². The quantitative estimate of drug-likeness (QED) is 0.840. The molecule has 2 aliphatic rings. The minimum atomic E-state index is 0.0234. The van der Waals surface area contributed by atoms with Crippen LogP contribution >= 0.6 is 0 Å².